The Bertz CT molecular complexity index is 3160. The Kier molecular flexibility index (Phi) is 4.72. The minimum absolute atomic E-state index is 0.176. The fourth-order valence-corrected chi connectivity index (χ4v) is 7.93. The number of para-hydroxylation sites is 3. The Morgan fingerprint density at radius 2 is 1.10 bits per heavy atom. The number of aromatic nitrogens is 2. The molecule has 2 nitrogen and oxygen atoms in total. The SMILES string of the molecule is [2H]c1c([2H])c([2H])c2c(-c3ccc4c(c3)C(C)(C)c3ccccc3-4)c3c([2H])c([2H])c([2H])c([2H])c3c(-c3cccc(-c4nc5ccccc5n4-c4ccccc4)c3)c2c1[2H]. The van der Waals surface area contributed by atoms with Gasteiger partial charge in [-0.25, -0.2) is 4.98 Å². The van der Waals surface area contributed by atoms with Crippen molar-refractivity contribution in [3.05, 3.63) is 181 Å². The lowest BCUT2D eigenvalue weighted by Gasteiger charge is -2.23. The van der Waals surface area contributed by atoms with Crippen LogP contribution in [0.5, 0.6) is 0 Å². The van der Waals surface area contributed by atoms with E-state index >= 15 is 0 Å². The molecule has 0 aliphatic heterocycles. The zero-order valence-corrected chi connectivity index (χ0v) is 27.4. The van der Waals surface area contributed by atoms with Gasteiger partial charge in [0.25, 0.3) is 0 Å². The third kappa shape index (κ3) is 4.18. The maximum Gasteiger partial charge on any atom is 0.145 e. The normalized spacial score (nSPS) is 15.4. The summed E-state index contributed by atoms with van der Waals surface area (Å²) in [7, 11) is 0. The average Bonchev–Trinajstić information content (AvgIpc) is 3.75. The molecule has 0 saturated heterocycles. The van der Waals surface area contributed by atoms with Gasteiger partial charge < -0.3 is 0 Å². The van der Waals surface area contributed by atoms with Crippen LogP contribution in [0.15, 0.2) is 170 Å². The first-order valence-electron chi connectivity index (χ1n) is 20.7. The summed E-state index contributed by atoms with van der Waals surface area (Å²) in [6.45, 7) is 4.30. The molecule has 0 N–H and O–H groups in total. The van der Waals surface area contributed by atoms with Crippen molar-refractivity contribution >= 4 is 32.6 Å². The van der Waals surface area contributed by atoms with Crippen LogP contribution in [0.25, 0.3) is 83.0 Å². The van der Waals surface area contributed by atoms with Crippen molar-refractivity contribution in [3.8, 4) is 50.5 Å². The van der Waals surface area contributed by atoms with E-state index in [1.165, 1.54) is 0 Å². The van der Waals surface area contributed by atoms with Crippen LogP contribution in [-0.4, -0.2) is 9.55 Å². The average molecular weight is 647 g/mol. The highest BCUT2D eigenvalue weighted by atomic mass is 15.1. The molecule has 0 saturated carbocycles. The number of fused-ring (bicyclic) bond motifs is 6. The second-order valence-electron chi connectivity index (χ2n) is 13.4. The van der Waals surface area contributed by atoms with Gasteiger partial charge in [0.2, 0.25) is 0 Å². The molecule has 1 aliphatic rings. The van der Waals surface area contributed by atoms with Crippen LogP contribution in [0.4, 0.5) is 0 Å². The number of benzene rings is 8. The van der Waals surface area contributed by atoms with Gasteiger partial charge in [0.15, 0.2) is 0 Å². The second kappa shape index (κ2) is 10.9. The van der Waals surface area contributed by atoms with E-state index in [1.54, 1.807) is 0 Å². The van der Waals surface area contributed by atoms with Crippen molar-refractivity contribution < 1.29 is 11.0 Å². The Hall–Kier alpha value is -6.25. The zero-order valence-electron chi connectivity index (χ0n) is 35.4. The molecule has 236 valence electrons. The van der Waals surface area contributed by atoms with Gasteiger partial charge in [-0.3, -0.25) is 4.57 Å². The molecular formula is C48H34N2. The van der Waals surface area contributed by atoms with Crippen LogP contribution >= 0.6 is 0 Å². The smallest absolute Gasteiger partial charge is 0.145 e. The summed E-state index contributed by atoms with van der Waals surface area (Å²) in [5.41, 5.74) is 9.01. The fraction of sp³-hybridized carbons (Fsp3) is 0.0625. The quantitative estimate of drug-likeness (QED) is 0.174. The molecule has 2 heteroatoms. The maximum absolute atomic E-state index is 9.48. The van der Waals surface area contributed by atoms with Crippen molar-refractivity contribution in [2.45, 2.75) is 19.3 Å². The third-order valence-corrected chi connectivity index (χ3v) is 10.2. The predicted octanol–water partition coefficient (Wildman–Crippen LogP) is 12.6. The minimum Gasteiger partial charge on any atom is -0.292 e. The van der Waals surface area contributed by atoms with Crippen LogP contribution in [0.3, 0.4) is 0 Å². The van der Waals surface area contributed by atoms with Crippen LogP contribution in [0.1, 0.15) is 35.9 Å². The van der Waals surface area contributed by atoms with Crippen molar-refractivity contribution in [3.63, 3.8) is 0 Å². The number of nitrogens with zero attached hydrogens (tertiary/aromatic N) is 2. The fourth-order valence-electron chi connectivity index (χ4n) is 7.93. The van der Waals surface area contributed by atoms with Gasteiger partial charge in [-0.15, -0.1) is 0 Å². The molecule has 1 aromatic heterocycles. The summed E-state index contributed by atoms with van der Waals surface area (Å²) in [6, 6.07) is 36.6. The van der Waals surface area contributed by atoms with E-state index in [9.17, 15) is 5.48 Å². The van der Waals surface area contributed by atoms with Crippen molar-refractivity contribution in [1.29, 1.82) is 0 Å². The summed E-state index contributed by atoms with van der Waals surface area (Å²) in [4.78, 5) is 5.06. The van der Waals surface area contributed by atoms with E-state index in [1.807, 2.05) is 109 Å². The highest BCUT2D eigenvalue weighted by molar-refractivity contribution is 6.21. The highest BCUT2D eigenvalue weighted by Crippen LogP contribution is 2.51. The molecule has 1 aliphatic carbocycles. The lowest BCUT2D eigenvalue weighted by Crippen LogP contribution is -2.14. The topological polar surface area (TPSA) is 17.8 Å². The number of hydrogen-bond donors (Lipinski definition) is 0. The Morgan fingerprint density at radius 3 is 1.82 bits per heavy atom. The van der Waals surface area contributed by atoms with Crippen molar-refractivity contribution in [1.82, 2.24) is 9.55 Å². The molecule has 1 heterocycles. The Balaban J connectivity index is 1.34. The molecular weight excluding hydrogens is 605 g/mol. The molecule has 0 unspecified atom stereocenters. The first-order valence-corrected chi connectivity index (χ1v) is 16.7. The van der Waals surface area contributed by atoms with E-state index in [0.717, 1.165) is 39.0 Å². The zero-order chi connectivity index (χ0) is 40.4. The molecule has 0 amide bonds. The number of rotatable bonds is 4. The molecule has 0 spiro atoms. The van der Waals surface area contributed by atoms with Gasteiger partial charge in [0.1, 0.15) is 5.82 Å². The van der Waals surface area contributed by atoms with E-state index in [0.29, 0.717) is 33.6 Å². The molecule has 0 radical (unpaired) electrons. The van der Waals surface area contributed by atoms with Crippen LogP contribution in [-0.2, 0) is 5.41 Å². The standard InChI is InChI=1S/C48H34N2/c1-48(2)41-24-11-10-19-35(41)36-28-27-32(30-42(36)48)46-39-22-8-6-20-37(39)45(38-21-7-9-23-40(38)46)31-15-14-16-33(29-31)47-49-43-25-12-13-26-44(43)50(47)34-17-4-3-5-18-34/h3-30H,1-2H3/i6D,7D,8D,9D,20D,21D,22D,23D. The second-order valence-corrected chi connectivity index (χ2v) is 13.4. The number of imidazole rings is 1. The van der Waals surface area contributed by atoms with Gasteiger partial charge in [0, 0.05) is 16.7 Å². The lowest BCUT2D eigenvalue weighted by atomic mass is 9.80. The molecule has 50 heavy (non-hydrogen) atoms. The lowest BCUT2D eigenvalue weighted by molar-refractivity contribution is 0.660. The number of hydrogen-bond acceptors (Lipinski definition) is 1. The van der Waals surface area contributed by atoms with E-state index < -0.39 is 29.6 Å². The summed E-state index contributed by atoms with van der Waals surface area (Å²) >= 11 is 0. The summed E-state index contributed by atoms with van der Waals surface area (Å²) < 4.78 is 75.6. The van der Waals surface area contributed by atoms with Gasteiger partial charge >= 0.3 is 0 Å². The molecule has 0 fully saturated rings. The Labute approximate surface area is 303 Å². The van der Waals surface area contributed by atoms with Gasteiger partial charge in [-0.05, 0) is 102 Å². The van der Waals surface area contributed by atoms with E-state index in [4.69, 9.17) is 10.5 Å². The largest absolute Gasteiger partial charge is 0.292 e. The van der Waals surface area contributed by atoms with E-state index in [-0.39, 0.29) is 45.7 Å². The van der Waals surface area contributed by atoms with Crippen LogP contribution in [0.2, 0.25) is 0 Å². The van der Waals surface area contributed by atoms with Gasteiger partial charge in [-0.1, -0.05) is 147 Å². The van der Waals surface area contributed by atoms with Crippen LogP contribution in [0, 0.1) is 0 Å². The van der Waals surface area contributed by atoms with Crippen molar-refractivity contribution in [2.75, 3.05) is 0 Å². The Morgan fingerprint density at radius 1 is 0.520 bits per heavy atom. The predicted molar refractivity (Wildman–Crippen MR) is 210 cm³/mol. The summed E-state index contributed by atoms with van der Waals surface area (Å²) in [5.74, 6) is 0.644. The maximum atomic E-state index is 9.48. The monoisotopic (exact) mass is 646 g/mol. The first kappa shape index (κ1) is 21.7. The van der Waals surface area contributed by atoms with Gasteiger partial charge in [0.05, 0.1) is 22.0 Å². The molecule has 0 bridgehead atoms. The van der Waals surface area contributed by atoms with Crippen molar-refractivity contribution in [2.24, 2.45) is 0 Å². The highest BCUT2D eigenvalue weighted by Gasteiger charge is 2.35. The minimum atomic E-state index is -0.433. The third-order valence-electron chi connectivity index (χ3n) is 10.2. The van der Waals surface area contributed by atoms with Crippen LogP contribution < -0.4 is 0 Å². The molecule has 9 aromatic rings. The molecule has 8 aromatic carbocycles. The van der Waals surface area contributed by atoms with Gasteiger partial charge in [-0.2, -0.15) is 0 Å². The molecule has 10 rings (SSSR count). The molecule has 0 atom stereocenters. The summed E-state index contributed by atoms with van der Waals surface area (Å²) in [5, 5.41) is 0.730. The summed E-state index contributed by atoms with van der Waals surface area (Å²) in [6.07, 6.45) is 0. The van der Waals surface area contributed by atoms with E-state index in [2.05, 4.69) is 30.5 Å². The first-order chi connectivity index (χ1) is 27.9.